The Kier molecular flexibility index (Phi) is 3.59. The molecule has 0 spiro atoms. The van der Waals surface area contributed by atoms with Crippen LogP contribution in [0, 0.1) is 6.92 Å². The van der Waals surface area contributed by atoms with Crippen molar-refractivity contribution in [3.63, 3.8) is 0 Å². The Bertz CT molecular complexity index is 796. The maximum absolute atomic E-state index is 6.34. The number of rotatable bonds is 2. The van der Waals surface area contributed by atoms with Crippen molar-refractivity contribution in [2.45, 2.75) is 12.8 Å². The summed E-state index contributed by atoms with van der Waals surface area (Å²) in [6, 6.07) is 7.36. The molecule has 0 fully saturated rings. The maximum Gasteiger partial charge on any atom is 0.164 e. The van der Waals surface area contributed by atoms with E-state index in [4.69, 9.17) is 34.8 Å². The van der Waals surface area contributed by atoms with Gasteiger partial charge in [0.15, 0.2) is 5.65 Å². The van der Waals surface area contributed by atoms with Crippen molar-refractivity contribution in [2.75, 3.05) is 0 Å². The van der Waals surface area contributed by atoms with Crippen LogP contribution in [0.4, 0.5) is 0 Å². The molecular formula is C14H10Cl3N3. The fourth-order valence-corrected chi connectivity index (χ4v) is 2.75. The van der Waals surface area contributed by atoms with Crippen LogP contribution in [0.15, 0.2) is 30.5 Å². The maximum atomic E-state index is 6.34. The number of alkyl halides is 1. The van der Waals surface area contributed by atoms with Crippen LogP contribution in [-0.2, 0) is 5.88 Å². The van der Waals surface area contributed by atoms with Crippen molar-refractivity contribution < 1.29 is 0 Å². The van der Waals surface area contributed by atoms with Crippen LogP contribution >= 0.6 is 34.8 Å². The third-order valence-corrected chi connectivity index (χ3v) is 4.02. The quantitative estimate of drug-likeness (QED) is 0.635. The summed E-state index contributed by atoms with van der Waals surface area (Å²) in [6.45, 7) is 1.91. The minimum absolute atomic E-state index is 0.262. The second-order valence-electron chi connectivity index (χ2n) is 4.40. The van der Waals surface area contributed by atoms with Gasteiger partial charge in [0, 0.05) is 11.2 Å². The predicted octanol–water partition coefficient (Wildman–Crippen LogP) is 4.77. The Labute approximate surface area is 131 Å². The third kappa shape index (κ3) is 2.16. The first-order chi connectivity index (χ1) is 9.61. The monoisotopic (exact) mass is 325 g/mol. The molecule has 1 aromatic carbocycles. The topological polar surface area (TPSA) is 30.7 Å². The van der Waals surface area contributed by atoms with E-state index in [0.29, 0.717) is 21.5 Å². The van der Waals surface area contributed by atoms with Gasteiger partial charge in [0.2, 0.25) is 0 Å². The number of nitrogens with zero attached hydrogens (tertiary/aromatic N) is 3. The molecule has 102 valence electrons. The lowest BCUT2D eigenvalue weighted by molar-refractivity contribution is 0.969. The van der Waals surface area contributed by atoms with Gasteiger partial charge in [-0.1, -0.05) is 23.2 Å². The zero-order valence-electron chi connectivity index (χ0n) is 10.6. The van der Waals surface area contributed by atoms with Crippen LogP contribution < -0.4 is 0 Å². The third-order valence-electron chi connectivity index (χ3n) is 3.07. The number of hydrogen-bond donors (Lipinski definition) is 0. The number of aryl methyl sites for hydroxylation is 1. The van der Waals surface area contributed by atoms with Gasteiger partial charge in [0.05, 0.1) is 16.6 Å². The Balaban J connectivity index is 2.36. The van der Waals surface area contributed by atoms with Crippen LogP contribution in [0.5, 0.6) is 0 Å². The number of pyridine rings is 1. The molecule has 0 N–H and O–H groups in total. The van der Waals surface area contributed by atoms with Crippen molar-refractivity contribution in [1.82, 2.24) is 14.5 Å². The highest BCUT2D eigenvalue weighted by atomic mass is 35.5. The highest BCUT2D eigenvalue weighted by Gasteiger charge is 2.16. The predicted molar refractivity (Wildman–Crippen MR) is 83.2 cm³/mol. The summed E-state index contributed by atoms with van der Waals surface area (Å²) in [4.78, 5) is 8.83. The lowest BCUT2D eigenvalue weighted by atomic mass is 10.2. The van der Waals surface area contributed by atoms with E-state index in [2.05, 4.69) is 9.97 Å². The summed E-state index contributed by atoms with van der Waals surface area (Å²) in [6.07, 6.45) is 1.71. The first-order valence-corrected chi connectivity index (χ1v) is 7.25. The molecule has 2 heterocycles. The molecule has 6 heteroatoms. The van der Waals surface area contributed by atoms with Gasteiger partial charge < -0.3 is 0 Å². The molecule has 3 aromatic rings. The first kappa shape index (κ1) is 13.7. The van der Waals surface area contributed by atoms with Crippen molar-refractivity contribution >= 4 is 46.0 Å². The highest BCUT2D eigenvalue weighted by molar-refractivity contribution is 6.35. The lowest BCUT2D eigenvalue weighted by Crippen LogP contribution is -2.01. The molecule has 20 heavy (non-hydrogen) atoms. The van der Waals surface area contributed by atoms with Crippen molar-refractivity contribution in [3.8, 4) is 5.69 Å². The number of imidazole rings is 1. The Morgan fingerprint density at radius 3 is 2.75 bits per heavy atom. The van der Waals surface area contributed by atoms with Gasteiger partial charge >= 0.3 is 0 Å². The van der Waals surface area contributed by atoms with E-state index < -0.39 is 0 Å². The average molecular weight is 327 g/mol. The number of benzene rings is 1. The van der Waals surface area contributed by atoms with Crippen molar-refractivity contribution in [1.29, 1.82) is 0 Å². The zero-order chi connectivity index (χ0) is 14.3. The Morgan fingerprint density at radius 1 is 1.20 bits per heavy atom. The summed E-state index contributed by atoms with van der Waals surface area (Å²) >= 11 is 18.5. The molecule has 0 aliphatic rings. The Hall–Kier alpha value is -1.29. The molecular weight excluding hydrogens is 317 g/mol. The molecule has 0 saturated carbocycles. The minimum atomic E-state index is 0.262. The molecule has 0 atom stereocenters. The lowest BCUT2D eigenvalue weighted by Gasteiger charge is -2.11. The summed E-state index contributed by atoms with van der Waals surface area (Å²) in [7, 11) is 0. The van der Waals surface area contributed by atoms with Gasteiger partial charge in [-0.3, -0.25) is 4.57 Å². The van der Waals surface area contributed by atoms with E-state index in [0.717, 1.165) is 16.8 Å². The average Bonchev–Trinajstić information content (AvgIpc) is 2.81. The molecule has 0 aliphatic heterocycles. The van der Waals surface area contributed by atoms with Crippen molar-refractivity contribution in [2.24, 2.45) is 0 Å². The summed E-state index contributed by atoms with van der Waals surface area (Å²) in [5.74, 6) is 0.945. The van der Waals surface area contributed by atoms with Crippen LogP contribution in [0.25, 0.3) is 16.9 Å². The van der Waals surface area contributed by atoms with Gasteiger partial charge in [-0.25, -0.2) is 9.97 Å². The highest BCUT2D eigenvalue weighted by Crippen LogP contribution is 2.31. The molecule has 0 saturated heterocycles. The van der Waals surface area contributed by atoms with E-state index in [1.54, 1.807) is 6.20 Å². The van der Waals surface area contributed by atoms with Crippen LogP contribution in [0.1, 0.15) is 11.4 Å². The number of fused-ring (bicyclic) bond motifs is 1. The molecule has 2 aromatic heterocycles. The number of aromatic nitrogens is 3. The standard InChI is InChI=1S/C14H10Cl3N3/c1-8-5-10(17)12(6-9(8)16)20-13(7-15)19-11-3-2-4-18-14(11)20/h2-6H,7H2,1H3. The van der Waals surface area contributed by atoms with Crippen LogP contribution in [0.2, 0.25) is 10.0 Å². The summed E-state index contributed by atoms with van der Waals surface area (Å²) < 4.78 is 1.84. The van der Waals surface area contributed by atoms with Gasteiger partial charge in [-0.05, 0) is 36.8 Å². The van der Waals surface area contributed by atoms with Crippen LogP contribution in [-0.4, -0.2) is 14.5 Å². The molecule has 0 amide bonds. The van der Waals surface area contributed by atoms with Gasteiger partial charge in [0.25, 0.3) is 0 Å². The Morgan fingerprint density at radius 2 is 2.00 bits per heavy atom. The van der Waals surface area contributed by atoms with E-state index in [1.807, 2.05) is 35.8 Å². The normalized spacial score (nSPS) is 11.2. The van der Waals surface area contributed by atoms with Gasteiger partial charge in [0.1, 0.15) is 11.3 Å². The number of halogens is 3. The molecule has 0 bridgehead atoms. The SMILES string of the molecule is Cc1cc(Cl)c(-n2c(CCl)nc3cccnc32)cc1Cl. The van der Waals surface area contributed by atoms with E-state index in [-0.39, 0.29) is 5.88 Å². The summed E-state index contributed by atoms with van der Waals surface area (Å²) in [5, 5.41) is 1.23. The zero-order valence-corrected chi connectivity index (χ0v) is 12.8. The molecule has 0 radical (unpaired) electrons. The first-order valence-electron chi connectivity index (χ1n) is 5.96. The molecule has 3 nitrogen and oxygen atoms in total. The van der Waals surface area contributed by atoms with E-state index in [9.17, 15) is 0 Å². The van der Waals surface area contributed by atoms with Gasteiger partial charge in [-0.15, -0.1) is 11.6 Å². The minimum Gasteiger partial charge on any atom is -0.278 e. The second-order valence-corrected chi connectivity index (χ2v) is 5.48. The fraction of sp³-hybridized carbons (Fsp3) is 0.143. The summed E-state index contributed by atoms with van der Waals surface area (Å²) in [5.41, 5.74) is 3.14. The molecule has 0 unspecified atom stereocenters. The fourth-order valence-electron chi connectivity index (χ4n) is 2.11. The molecule has 0 aliphatic carbocycles. The van der Waals surface area contributed by atoms with E-state index in [1.165, 1.54) is 0 Å². The van der Waals surface area contributed by atoms with Crippen molar-refractivity contribution in [3.05, 3.63) is 51.9 Å². The molecule has 3 rings (SSSR count). The number of hydrogen-bond acceptors (Lipinski definition) is 2. The smallest absolute Gasteiger partial charge is 0.164 e. The van der Waals surface area contributed by atoms with E-state index >= 15 is 0 Å². The largest absolute Gasteiger partial charge is 0.278 e. The van der Waals surface area contributed by atoms with Gasteiger partial charge in [-0.2, -0.15) is 0 Å². The van der Waals surface area contributed by atoms with Crippen LogP contribution in [0.3, 0.4) is 0 Å². The second kappa shape index (κ2) is 5.24.